The molecule has 0 aliphatic rings. The van der Waals surface area contributed by atoms with Crippen molar-refractivity contribution in [2.45, 2.75) is 6.54 Å². The maximum atomic E-state index is 11.5. The number of carbonyl (C=O) groups excluding carboxylic acids is 2. The first kappa shape index (κ1) is 16.7. The number of alkyl carbamates (subject to hydrolysis) is 1. The smallest absolute Gasteiger partial charge is 0.413 e. The number of hydrogen-bond acceptors (Lipinski definition) is 5. The first-order chi connectivity index (χ1) is 10.0. The lowest BCUT2D eigenvalue weighted by Gasteiger charge is -2.16. The minimum atomic E-state index is -0.753. The van der Waals surface area contributed by atoms with Gasteiger partial charge in [-0.3, -0.25) is 15.0 Å². The summed E-state index contributed by atoms with van der Waals surface area (Å²) in [4.78, 5) is 24.2. The summed E-state index contributed by atoms with van der Waals surface area (Å²) in [6, 6.07) is 7.57. The van der Waals surface area contributed by atoms with E-state index in [0.717, 1.165) is 11.3 Å². The van der Waals surface area contributed by atoms with Crippen molar-refractivity contribution < 1.29 is 19.1 Å². The Balaban J connectivity index is 2.43. The maximum Gasteiger partial charge on any atom is 0.413 e. The number of imide groups is 1. The number of nitrogens with zero attached hydrogens (tertiary/aromatic N) is 1. The van der Waals surface area contributed by atoms with Crippen LogP contribution in [-0.4, -0.2) is 44.2 Å². The minimum absolute atomic E-state index is 0.101. The molecule has 6 nitrogen and oxygen atoms in total. The van der Waals surface area contributed by atoms with E-state index in [-0.39, 0.29) is 6.54 Å². The number of hydrogen-bond donors (Lipinski definition) is 1. The van der Waals surface area contributed by atoms with Crippen molar-refractivity contribution in [1.29, 1.82) is 0 Å². The predicted molar refractivity (Wildman–Crippen MR) is 79.0 cm³/mol. The van der Waals surface area contributed by atoms with Crippen molar-refractivity contribution in [2.75, 3.05) is 27.3 Å². The van der Waals surface area contributed by atoms with Crippen molar-refractivity contribution in [2.24, 2.45) is 0 Å². The Morgan fingerprint density at radius 1 is 1.33 bits per heavy atom. The van der Waals surface area contributed by atoms with Crippen LogP contribution in [0.1, 0.15) is 5.56 Å². The third-order valence-electron chi connectivity index (χ3n) is 2.58. The molecule has 2 amide bonds. The van der Waals surface area contributed by atoms with Crippen LogP contribution in [0.15, 0.2) is 36.9 Å². The normalized spacial score (nSPS) is 10.0. The summed E-state index contributed by atoms with van der Waals surface area (Å²) >= 11 is 0. The Morgan fingerprint density at radius 3 is 2.57 bits per heavy atom. The highest BCUT2D eigenvalue weighted by molar-refractivity contribution is 5.92. The van der Waals surface area contributed by atoms with Crippen molar-refractivity contribution in [3.63, 3.8) is 0 Å². The van der Waals surface area contributed by atoms with Gasteiger partial charge in [-0.15, -0.1) is 0 Å². The fourth-order valence-electron chi connectivity index (χ4n) is 1.66. The van der Waals surface area contributed by atoms with Gasteiger partial charge in [-0.25, -0.2) is 4.79 Å². The van der Waals surface area contributed by atoms with Crippen LogP contribution in [0.2, 0.25) is 0 Å². The molecule has 21 heavy (non-hydrogen) atoms. The topological polar surface area (TPSA) is 67.9 Å². The van der Waals surface area contributed by atoms with E-state index in [1.54, 1.807) is 18.0 Å². The fourth-order valence-corrected chi connectivity index (χ4v) is 1.66. The molecule has 1 aromatic carbocycles. The molecule has 0 saturated carbocycles. The average Bonchev–Trinajstić information content (AvgIpc) is 2.46. The second-order valence-corrected chi connectivity index (χ2v) is 4.46. The van der Waals surface area contributed by atoms with Crippen LogP contribution in [0.25, 0.3) is 0 Å². The van der Waals surface area contributed by atoms with Crippen molar-refractivity contribution >= 4 is 12.0 Å². The molecule has 0 bridgehead atoms. The molecule has 0 aromatic heterocycles. The molecule has 114 valence electrons. The van der Waals surface area contributed by atoms with Crippen LogP contribution in [0.3, 0.4) is 0 Å². The monoisotopic (exact) mass is 292 g/mol. The average molecular weight is 292 g/mol. The third-order valence-corrected chi connectivity index (χ3v) is 2.58. The summed E-state index contributed by atoms with van der Waals surface area (Å²) in [5, 5.41) is 2.11. The number of nitrogens with one attached hydrogen (secondary N) is 1. The molecule has 6 heteroatoms. The number of benzene rings is 1. The zero-order valence-corrected chi connectivity index (χ0v) is 12.3. The van der Waals surface area contributed by atoms with Crippen LogP contribution in [0.4, 0.5) is 4.79 Å². The molecule has 0 heterocycles. The summed E-state index contributed by atoms with van der Waals surface area (Å²) in [5.74, 6) is 0.361. The zero-order chi connectivity index (χ0) is 15.7. The fraction of sp³-hybridized carbons (Fsp3) is 0.333. The summed E-state index contributed by atoms with van der Waals surface area (Å²) in [6.07, 6.45) is 0.929. The van der Waals surface area contributed by atoms with E-state index >= 15 is 0 Å². The summed E-state index contributed by atoms with van der Waals surface area (Å²) in [5.41, 5.74) is 1.04. The number of methoxy groups -OCH3 is 1. The molecule has 0 radical (unpaired) electrons. The second-order valence-electron chi connectivity index (χ2n) is 4.46. The van der Waals surface area contributed by atoms with Gasteiger partial charge in [0, 0.05) is 6.54 Å². The molecule has 1 N–H and O–H groups in total. The first-order valence-corrected chi connectivity index (χ1v) is 6.44. The molecule has 1 aromatic rings. The number of ether oxygens (including phenoxy) is 2. The molecule has 1 rings (SSSR count). The quantitative estimate of drug-likeness (QED) is 0.773. The first-order valence-electron chi connectivity index (χ1n) is 6.44. The van der Waals surface area contributed by atoms with Gasteiger partial charge in [0.25, 0.3) is 0 Å². The highest BCUT2D eigenvalue weighted by atomic mass is 16.5. The Labute approximate surface area is 124 Å². The van der Waals surface area contributed by atoms with Crippen LogP contribution in [0, 0.1) is 0 Å². The third kappa shape index (κ3) is 6.58. The SMILES string of the molecule is C=CCOc1ccc(CN(C)CC(=O)NC(=O)OC)cc1. The van der Waals surface area contributed by atoms with E-state index < -0.39 is 12.0 Å². The van der Waals surface area contributed by atoms with E-state index in [1.165, 1.54) is 7.11 Å². The van der Waals surface area contributed by atoms with Crippen molar-refractivity contribution in [3.8, 4) is 5.75 Å². The van der Waals surface area contributed by atoms with Crippen molar-refractivity contribution in [3.05, 3.63) is 42.5 Å². The number of carbonyl (C=O) groups is 2. The van der Waals surface area contributed by atoms with Gasteiger partial charge in [-0.1, -0.05) is 24.8 Å². The molecule has 0 atom stereocenters. The summed E-state index contributed by atoms with van der Waals surface area (Å²) < 4.78 is 9.74. The number of rotatable bonds is 7. The molecule has 0 unspecified atom stereocenters. The Bertz CT molecular complexity index is 485. The highest BCUT2D eigenvalue weighted by Gasteiger charge is 2.10. The predicted octanol–water partition coefficient (Wildman–Crippen LogP) is 1.57. The van der Waals surface area contributed by atoms with Crippen LogP contribution in [0.5, 0.6) is 5.75 Å². The minimum Gasteiger partial charge on any atom is -0.490 e. The largest absolute Gasteiger partial charge is 0.490 e. The molecule has 0 fully saturated rings. The highest BCUT2D eigenvalue weighted by Crippen LogP contribution is 2.13. The summed E-state index contributed by atoms with van der Waals surface area (Å²) in [7, 11) is 3.00. The van der Waals surface area contributed by atoms with E-state index in [2.05, 4.69) is 16.6 Å². The van der Waals surface area contributed by atoms with Gasteiger partial charge in [0.05, 0.1) is 13.7 Å². The van der Waals surface area contributed by atoms with Gasteiger partial charge in [0.1, 0.15) is 12.4 Å². The van der Waals surface area contributed by atoms with E-state index in [4.69, 9.17) is 4.74 Å². The molecular weight excluding hydrogens is 272 g/mol. The van der Waals surface area contributed by atoms with Crippen molar-refractivity contribution in [1.82, 2.24) is 10.2 Å². The summed E-state index contributed by atoms with van der Waals surface area (Å²) in [6.45, 7) is 4.73. The van der Waals surface area contributed by atoms with Gasteiger partial charge in [0.2, 0.25) is 5.91 Å². The Morgan fingerprint density at radius 2 is 2.00 bits per heavy atom. The zero-order valence-electron chi connectivity index (χ0n) is 12.3. The molecule has 0 aliphatic carbocycles. The van der Waals surface area contributed by atoms with Crippen LogP contribution >= 0.6 is 0 Å². The lowest BCUT2D eigenvalue weighted by atomic mass is 10.2. The van der Waals surface area contributed by atoms with Gasteiger partial charge in [0.15, 0.2) is 0 Å². The molecule has 0 aliphatic heterocycles. The lowest BCUT2D eigenvalue weighted by Crippen LogP contribution is -2.38. The number of amides is 2. The molecule has 0 spiro atoms. The molecule has 0 saturated heterocycles. The maximum absolute atomic E-state index is 11.5. The van der Waals surface area contributed by atoms with Gasteiger partial charge >= 0.3 is 6.09 Å². The Kier molecular flexibility index (Phi) is 6.97. The van der Waals surface area contributed by atoms with Gasteiger partial charge in [-0.2, -0.15) is 0 Å². The standard InChI is InChI=1S/C15H20N2O4/c1-4-9-21-13-7-5-12(6-8-13)10-17(2)11-14(18)16-15(19)20-3/h4-8H,1,9-11H2,2-3H3,(H,16,18,19). The molecular formula is C15H20N2O4. The van der Waals surface area contributed by atoms with Gasteiger partial charge < -0.3 is 9.47 Å². The van der Waals surface area contributed by atoms with E-state index in [9.17, 15) is 9.59 Å². The van der Waals surface area contributed by atoms with Crippen LogP contribution in [-0.2, 0) is 16.1 Å². The van der Waals surface area contributed by atoms with Gasteiger partial charge in [-0.05, 0) is 24.7 Å². The Hall–Kier alpha value is -2.34. The number of likely N-dealkylation sites (N-methyl/N-ethyl adjacent to an activating group) is 1. The van der Waals surface area contributed by atoms with E-state index in [0.29, 0.717) is 13.2 Å². The van der Waals surface area contributed by atoms with Crippen LogP contribution < -0.4 is 10.1 Å². The lowest BCUT2D eigenvalue weighted by molar-refractivity contribution is -0.121. The second kappa shape index (κ2) is 8.76. The van der Waals surface area contributed by atoms with E-state index in [1.807, 2.05) is 24.3 Å².